The maximum atomic E-state index is 12.2. The van der Waals surface area contributed by atoms with Crippen LogP contribution in [0.2, 0.25) is 5.02 Å². The second kappa shape index (κ2) is 7.75. The maximum Gasteiger partial charge on any atom is 0.387 e. The SMILES string of the molecule is CS(=O)(=O)CCCNCc1cc(Cl)ccc1OC(F)F. The molecule has 0 aliphatic carbocycles. The van der Waals surface area contributed by atoms with Gasteiger partial charge in [0.05, 0.1) is 5.75 Å². The van der Waals surface area contributed by atoms with Crippen LogP contribution in [0.3, 0.4) is 0 Å². The van der Waals surface area contributed by atoms with E-state index in [0.717, 1.165) is 0 Å². The van der Waals surface area contributed by atoms with Crippen molar-refractivity contribution in [2.24, 2.45) is 0 Å². The molecular formula is C12H16ClF2NO3S. The van der Waals surface area contributed by atoms with E-state index < -0.39 is 16.4 Å². The molecule has 0 aromatic heterocycles. The van der Waals surface area contributed by atoms with E-state index in [2.05, 4.69) is 10.1 Å². The van der Waals surface area contributed by atoms with Gasteiger partial charge in [-0.2, -0.15) is 8.78 Å². The predicted octanol–water partition coefficient (Wildman–Crippen LogP) is 2.47. The first-order chi connectivity index (χ1) is 9.28. The van der Waals surface area contributed by atoms with Crippen LogP contribution >= 0.6 is 11.6 Å². The Bertz CT molecular complexity index is 538. The monoisotopic (exact) mass is 327 g/mol. The zero-order chi connectivity index (χ0) is 15.2. The van der Waals surface area contributed by atoms with Gasteiger partial charge in [-0.25, -0.2) is 8.42 Å². The van der Waals surface area contributed by atoms with Crippen LogP contribution in [-0.2, 0) is 16.4 Å². The molecule has 114 valence electrons. The van der Waals surface area contributed by atoms with E-state index >= 15 is 0 Å². The van der Waals surface area contributed by atoms with Crippen molar-refractivity contribution in [2.75, 3.05) is 18.6 Å². The predicted molar refractivity (Wildman–Crippen MR) is 74.1 cm³/mol. The summed E-state index contributed by atoms with van der Waals surface area (Å²) in [6.07, 6.45) is 1.61. The van der Waals surface area contributed by atoms with Crippen LogP contribution < -0.4 is 10.1 Å². The molecule has 0 aliphatic heterocycles. The van der Waals surface area contributed by atoms with E-state index in [-0.39, 0.29) is 18.0 Å². The lowest BCUT2D eigenvalue weighted by molar-refractivity contribution is -0.0504. The summed E-state index contributed by atoms with van der Waals surface area (Å²) in [5, 5.41) is 3.38. The third-order valence-electron chi connectivity index (χ3n) is 2.42. The fourth-order valence-corrected chi connectivity index (χ4v) is 2.44. The molecule has 0 unspecified atom stereocenters. The number of hydrogen-bond donors (Lipinski definition) is 1. The summed E-state index contributed by atoms with van der Waals surface area (Å²) in [7, 11) is -2.98. The van der Waals surface area contributed by atoms with Gasteiger partial charge in [-0.05, 0) is 31.2 Å². The Labute approximate surface area is 122 Å². The van der Waals surface area contributed by atoms with Gasteiger partial charge in [0.25, 0.3) is 0 Å². The first kappa shape index (κ1) is 17.1. The summed E-state index contributed by atoms with van der Waals surface area (Å²) >= 11 is 5.80. The molecule has 0 heterocycles. The van der Waals surface area contributed by atoms with E-state index in [1.54, 1.807) is 0 Å². The van der Waals surface area contributed by atoms with Gasteiger partial charge in [-0.1, -0.05) is 11.6 Å². The molecule has 0 bridgehead atoms. The number of alkyl halides is 2. The molecule has 0 saturated carbocycles. The molecule has 1 aromatic carbocycles. The molecular weight excluding hydrogens is 312 g/mol. The quantitative estimate of drug-likeness (QED) is 0.745. The maximum absolute atomic E-state index is 12.2. The summed E-state index contributed by atoms with van der Waals surface area (Å²) in [5.74, 6) is 0.135. The highest BCUT2D eigenvalue weighted by atomic mass is 35.5. The number of ether oxygens (including phenoxy) is 1. The van der Waals surface area contributed by atoms with Crippen molar-refractivity contribution in [2.45, 2.75) is 19.6 Å². The Hall–Kier alpha value is -0.920. The van der Waals surface area contributed by atoms with Crippen LogP contribution in [0.1, 0.15) is 12.0 Å². The van der Waals surface area contributed by atoms with Crippen LogP contribution in [0.5, 0.6) is 5.75 Å². The minimum Gasteiger partial charge on any atom is -0.434 e. The Morgan fingerprint density at radius 3 is 2.70 bits per heavy atom. The van der Waals surface area contributed by atoms with Crippen LogP contribution in [0.4, 0.5) is 8.78 Å². The van der Waals surface area contributed by atoms with E-state index in [9.17, 15) is 17.2 Å². The third kappa shape index (κ3) is 7.02. The molecule has 1 N–H and O–H groups in total. The van der Waals surface area contributed by atoms with Gasteiger partial charge >= 0.3 is 6.61 Å². The highest BCUT2D eigenvalue weighted by Gasteiger charge is 2.10. The summed E-state index contributed by atoms with van der Waals surface area (Å²) in [6, 6.07) is 4.37. The summed E-state index contributed by atoms with van der Waals surface area (Å²) in [5.41, 5.74) is 0.497. The Kier molecular flexibility index (Phi) is 6.64. The fraction of sp³-hybridized carbons (Fsp3) is 0.500. The number of hydrogen-bond acceptors (Lipinski definition) is 4. The lowest BCUT2D eigenvalue weighted by Gasteiger charge is -2.12. The smallest absolute Gasteiger partial charge is 0.387 e. The van der Waals surface area contributed by atoms with Gasteiger partial charge < -0.3 is 10.1 Å². The number of rotatable bonds is 8. The number of nitrogens with one attached hydrogen (secondary N) is 1. The van der Waals surface area contributed by atoms with E-state index in [1.165, 1.54) is 24.5 Å². The van der Waals surface area contributed by atoms with Crippen molar-refractivity contribution >= 4 is 21.4 Å². The number of benzene rings is 1. The van der Waals surface area contributed by atoms with Gasteiger partial charge in [0.2, 0.25) is 0 Å². The Morgan fingerprint density at radius 1 is 1.40 bits per heavy atom. The zero-order valence-electron chi connectivity index (χ0n) is 10.9. The van der Waals surface area contributed by atoms with Gasteiger partial charge in [-0.15, -0.1) is 0 Å². The van der Waals surface area contributed by atoms with Crippen molar-refractivity contribution in [3.05, 3.63) is 28.8 Å². The second-order valence-corrected chi connectivity index (χ2v) is 6.99. The summed E-state index contributed by atoms with van der Waals surface area (Å²) in [6.45, 7) is -2.18. The third-order valence-corrected chi connectivity index (χ3v) is 3.69. The van der Waals surface area contributed by atoms with Gasteiger partial charge in [0.15, 0.2) is 0 Å². The zero-order valence-corrected chi connectivity index (χ0v) is 12.5. The van der Waals surface area contributed by atoms with Crippen molar-refractivity contribution in [3.63, 3.8) is 0 Å². The molecule has 0 radical (unpaired) electrons. The van der Waals surface area contributed by atoms with E-state index in [4.69, 9.17) is 11.6 Å². The highest BCUT2D eigenvalue weighted by Crippen LogP contribution is 2.24. The van der Waals surface area contributed by atoms with E-state index in [0.29, 0.717) is 23.6 Å². The van der Waals surface area contributed by atoms with Gasteiger partial charge in [0, 0.05) is 23.4 Å². The van der Waals surface area contributed by atoms with Crippen LogP contribution in [0.15, 0.2) is 18.2 Å². The summed E-state index contributed by atoms with van der Waals surface area (Å²) < 4.78 is 50.7. The molecule has 4 nitrogen and oxygen atoms in total. The minimum atomic E-state index is -2.98. The normalized spacial score (nSPS) is 11.8. The average molecular weight is 328 g/mol. The van der Waals surface area contributed by atoms with Crippen molar-refractivity contribution in [1.82, 2.24) is 5.32 Å². The van der Waals surface area contributed by atoms with Crippen molar-refractivity contribution < 1.29 is 21.9 Å². The molecule has 0 atom stereocenters. The highest BCUT2D eigenvalue weighted by molar-refractivity contribution is 7.90. The van der Waals surface area contributed by atoms with Crippen LogP contribution in [0, 0.1) is 0 Å². The molecule has 0 saturated heterocycles. The second-order valence-electron chi connectivity index (χ2n) is 4.29. The first-order valence-electron chi connectivity index (χ1n) is 5.89. The molecule has 20 heavy (non-hydrogen) atoms. The van der Waals surface area contributed by atoms with E-state index in [1.807, 2.05) is 0 Å². The minimum absolute atomic E-state index is 0.0556. The molecule has 0 spiro atoms. The summed E-state index contributed by atoms with van der Waals surface area (Å²) in [4.78, 5) is 0. The van der Waals surface area contributed by atoms with Crippen molar-refractivity contribution in [1.29, 1.82) is 0 Å². The molecule has 8 heteroatoms. The molecule has 0 amide bonds. The largest absolute Gasteiger partial charge is 0.434 e. The lowest BCUT2D eigenvalue weighted by Crippen LogP contribution is -2.18. The van der Waals surface area contributed by atoms with Gasteiger partial charge in [0.1, 0.15) is 15.6 Å². The topological polar surface area (TPSA) is 55.4 Å². The fourth-order valence-electron chi connectivity index (χ4n) is 1.58. The first-order valence-corrected chi connectivity index (χ1v) is 8.33. The Balaban J connectivity index is 2.51. The molecule has 0 aliphatic rings. The van der Waals surface area contributed by atoms with Crippen molar-refractivity contribution in [3.8, 4) is 5.75 Å². The standard InChI is InChI=1S/C12H16ClF2NO3S/c1-20(17,18)6-2-5-16-8-9-7-10(13)3-4-11(9)19-12(14)15/h3-4,7,12,16H,2,5-6,8H2,1H3. The Morgan fingerprint density at radius 2 is 2.10 bits per heavy atom. The van der Waals surface area contributed by atoms with Crippen LogP contribution in [-0.4, -0.2) is 33.6 Å². The number of halogens is 3. The molecule has 1 aromatic rings. The lowest BCUT2D eigenvalue weighted by atomic mass is 10.2. The molecule has 0 fully saturated rings. The number of sulfone groups is 1. The van der Waals surface area contributed by atoms with Gasteiger partial charge in [-0.3, -0.25) is 0 Å². The van der Waals surface area contributed by atoms with Crippen LogP contribution in [0.25, 0.3) is 0 Å². The molecule has 1 rings (SSSR count). The average Bonchev–Trinajstić information content (AvgIpc) is 2.30.